The quantitative estimate of drug-likeness (QED) is 0.380. The number of rotatable bonds is 8. The van der Waals surface area contributed by atoms with Gasteiger partial charge in [-0.2, -0.15) is 0 Å². The van der Waals surface area contributed by atoms with Crippen LogP contribution in [0.4, 0.5) is 4.39 Å². The molecule has 4 unspecified atom stereocenters. The highest BCUT2D eigenvalue weighted by molar-refractivity contribution is 6.29. The van der Waals surface area contributed by atoms with Crippen molar-refractivity contribution in [1.82, 2.24) is 10.2 Å². The normalized spacial score (nSPS) is 31.4. The first kappa shape index (κ1) is 38.2. The molecule has 0 aromatic heterocycles. The van der Waals surface area contributed by atoms with Crippen LogP contribution in [0.2, 0.25) is 0 Å². The van der Waals surface area contributed by atoms with E-state index in [1.165, 1.54) is 44.3 Å². The van der Waals surface area contributed by atoms with Crippen molar-refractivity contribution in [2.75, 3.05) is 26.2 Å². The average Bonchev–Trinajstić information content (AvgIpc) is 2.82. The molecule has 4 rings (SSSR count). The minimum absolute atomic E-state index is 0. The van der Waals surface area contributed by atoms with Gasteiger partial charge in [0.1, 0.15) is 6.17 Å². The number of allylic oxidation sites excluding steroid dienone is 5. The zero-order valence-corrected chi connectivity index (χ0v) is 25.0. The van der Waals surface area contributed by atoms with Gasteiger partial charge in [0.2, 0.25) is 0 Å². The molecule has 1 aliphatic heterocycles. The number of nitrogens with zero attached hydrogens (tertiary/aromatic N) is 1. The first-order chi connectivity index (χ1) is 16.7. The lowest BCUT2D eigenvalue weighted by Gasteiger charge is -2.49. The van der Waals surface area contributed by atoms with Crippen molar-refractivity contribution in [3.63, 3.8) is 0 Å². The van der Waals surface area contributed by atoms with Crippen molar-refractivity contribution < 1.29 is 20.8 Å². The molecule has 3 aliphatic carbocycles. The van der Waals surface area contributed by atoms with Crippen LogP contribution in [0.25, 0.3) is 0 Å². The van der Waals surface area contributed by atoms with Gasteiger partial charge in [-0.25, -0.2) is 4.39 Å². The maximum atomic E-state index is 14.0. The Kier molecular flexibility index (Phi) is 16.9. The summed E-state index contributed by atoms with van der Waals surface area (Å²) in [6.07, 6.45) is 18.3. The highest BCUT2D eigenvalue weighted by Gasteiger charge is 2.40. The van der Waals surface area contributed by atoms with Crippen LogP contribution in [0.3, 0.4) is 0 Å². The van der Waals surface area contributed by atoms with E-state index in [2.05, 4.69) is 62.2 Å². The van der Waals surface area contributed by atoms with Gasteiger partial charge in [0.05, 0.1) is 0 Å². The molecule has 4 aliphatic rings. The minimum Gasteiger partial charge on any atom is -0.412 e. The Balaban J connectivity index is 0.00000361. The molecule has 0 bridgehead atoms. The van der Waals surface area contributed by atoms with E-state index in [1.807, 2.05) is 0 Å². The summed E-state index contributed by atoms with van der Waals surface area (Å²) in [5, 5.41) is 5.01. The van der Waals surface area contributed by atoms with E-state index >= 15 is 0 Å². The highest BCUT2D eigenvalue weighted by atomic mass is 35.5. The molecule has 1 saturated heterocycles. The van der Waals surface area contributed by atoms with Crippen molar-refractivity contribution in [3.05, 3.63) is 34.9 Å². The van der Waals surface area contributed by atoms with Crippen molar-refractivity contribution in [1.29, 1.82) is 0 Å². The van der Waals surface area contributed by atoms with Crippen LogP contribution in [0.5, 0.6) is 0 Å². The van der Waals surface area contributed by atoms with E-state index in [4.69, 9.17) is 11.6 Å². The van der Waals surface area contributed by atoms with Crippen molar-refractivity contribution in [2.45, 2.75) is 105 Å². The number of alkyl halides is 1. The number of piperidine rings is 1. The van der Waals surface area contributed by atoms with Crippen molar-refractivity contribution in [2.24, 2.45) is 35.0 Å². The van der Waals surface area contributed by atoms with Gasteiger partial charge in [0.25, 0.3) is 0 Å². The molecule has 0 radical (unpaired) electrons. The summed E-state index contributed by atoms with van der Waals surface area (Å²) in [7, 11) is 0. The third kappa shape index (κ3) is 10.5. The van der Waals surface area contributed by atoms with E-state index in [9.17, 15) is 4.39 Å². The summed E-state index contributed by atoms with van der Waals surface area (Å²) in [5.74, 6) is 3.24. The lowest BCUT2D eigenvalue weighted by molar-refractivity contribution is 0.0120. The first-order valence-corrected chi connectivity index (χ1v) is 14.9. The SMILES string of the molecule is C.CC(C)[C@H](CN1CC[C@H](C2CC=C(Cl)CC2)C(C)(C)C1)NCC1=CC=CC(C2CCCC(F)C2)C1.O.O.O. The van der Waals surface area contributed by atoms with E-state index in [0.29, 0.717) is 29.2 Å². The minimum atomic E-state index is -0.583. The molecule has 6 atom stereocenters. The Morgan fingerprint density at radius 3 is 2.46 bits per heavy atom. The maximum absolute atomic E-state index is 14.0. The second-order valence-electron chi connectivity index (χ2n) is 13.1. The summed E-state index contributed by atoms with van der Waals surface area (Å²) in [6, 6.07) is 0.494. The Bertz CT molecular complexity index is 800. The van der Waals surface area contributed by atoms with Crippen LogP contribution in [0, 0.1) is 35.0 Å². The summed E-state index contributed by atoms with van der Waals surface area (Å²) >= 11 is 6.26. The average molecular weight is 575 g/mol. The van der Waals surface area contributed by atoms with Crippen molar-refractivity contribution in [3.8, 4) is 0 Å². The van der Waals surface area contributed by atoms with E-state index in [-0.39, 0.29) is 23.9 Å². The van der Waals surface area contributed by atoms with E-state index in [0.717, 1.165) is 62.1 Å². The second-order valence-corrected chi connectivity index (χ2v) is 13.6. The molecule has 39 heavy (non-hydrogen) atoms. The van der Waals surface area contributed by atoms with Crippen LogP contribution in [0.15, 0.2) is 34.9 Å². The first-order valence-electron chi connectivity index (χ1n) is 14.5. The van der Waals surface area contributed by atoms with Gasteiger partial charge >= 0.3 is 0 Å². The van der Waals surface area contributed by atoms with Gasteiger partial charge in [-0.3, -0.25) is 0 Å². The molecule has 5 nitrogen and oxygen atoms in total. The highest BCUT2D eigenvalue weighted by Crippen LogP contribution is 2.45. The fourth-order valence-corrected chi connectivity index (χ4v) is 7.73. The molecular weight excluding hydrogens is 515 g/mol. The summed E-state index contributed by atoms with van der Waals surface area (Å²) < 4.78 is 14.0. The fraction of sp³-hybridized carbons (Fsp3) is 0.812. The lowest BCUT2D eigenvalue weighted by Crippen LogP contribution is -2.53. The number of halogens is 2. The number of nitrogens with one attached hydrogen (secondary N) is 1. The van der Waals surface area contributed by atoms with Crippen molar-refractivity contribution >= 4 is 11.6 Å². The zero-order chi connectivity index (χ0) is 25.0. The largest absolute Gasteiger partial charge is 0.412 e. The smallest absolute Gasteiger partial charge is 0.100 e. The zero-order valence-electron chi connectivity index (χ0n) is 24.2. The van der Waals surface area contributed by atoms with Gasteiger partial charge in [-0.15, -0.1) is 0 Å². The molecule has 1 saturated carbocycles. The van der Waals surface area contributed by atoms with Crippen LogP contribution in [0.1, 0.15) is 92.9 Å². The standard InChI is InChI=1S/C31H50ClFN2.CH4.3H2O/c1-22(2)30(34-19-23-7-5-8-25(17-23)26-9-6-10-28(33)18-26)20-35-16-15-29(31(3,4)21-35)24-11-13-27(32)14-12-24;;;;/h5,7-8,13,22,24-26,28-30,34H,6,9-12,14-21H2,1-4H3;1H4;3*1H2/t24?,25?,26?,28?,29-,30+;;;;/m1..../s1. The van der Waals surface area contributed by atoms with Crippen LogP contribution in [-0.2, 0) is 0 Å². The molecule has 1 heterocycles. The summed E-state index contributed by atoms with van der Waals surface area (Å²) in [5.41, 5.74) is 1.84. The van der Waals surface area contributed by atoms with E-state index in [1.54, 1.807) is 0 Å². The van der Waals surface area contributed by atoms with Crippen LogP contribution >= 0.6 is 11.6 Å². The molecule has 0 amide bonds. The summed E-state index contributed by atoms with van der Waals surface area (Å²) in [4.78, 5) is 2.72. The van der Waals surface area contributed by atoms with Gasteiger partial charge in [0.15, 0.2) is 0 Å². The number of likely N-dealkylation sites (tertiary alicyclic amines) is 1. The number of hydrogen-bond donors (Lipinski definition) is 1. The third-order valence-electron chi connectivity index (χ3n) is 9.65. The molecule has 230 valence electrons. The third-order valence-corrected chi connectivity index (χ3v) is 9.99. The molecule has 0 aromatic rings. The molecule has 0 spiro atoms. The topological polar surface area (TPSA) is 110 Å². The molecule has 2 fully saturated rings. The van der Waals surface area contributed by atoms with Crippen LogP contribution in [-0.4, -0.2) is 59.7 Å². The second kappa shape index (κ2) is 17.3. The lowest BCUT2D eigenvalue weighted by atomic mass is 9.65. The van der Waals surface area contributed by atoms with Gasteiger partial charge in [-0.1, -0.05) is 83.0 Å². The molecule has 7 heteroatoms. The van der Waals surface area contributed by atoms with Gasteiger partial charge < -0.3 is 26.6 Å². The fourth-order valence-electron chi connectivity index (χ4n) is 7.54. The monoisotopic (exact) mass is 574 g/mol. The Morgan fingerprint density at radius 2 is 1.85 bits per heavy atom. The molecule has 7 N–H and O–H groups in total. The predicted molar refractivity (Wildman–Crippen MR) is 166 cm³/mol. The summed E-state index contributed by atoms with van der Waals surface area (Å²) in [6.45, 7) is 14.2. The van der Waals surface area contributed by atoms with Gasteiger partial charge in [-0.05, 0) is 92.9 Å². The Morgan fingerprint density at radius 1 is 1.10 bits per heavy atom. The molecule has 0 aromatic carbocycles. The Labute approximate surface area is 243 Å². The Hall–Kier alpha value is -0.760. The van der Waals surface area contributed by atoms with Crippen LogP contribution < -0.4 is 5.32 Å². The van der Waals surface area contributed by atoms with Gasteiger partial charge in [0, 0.05) is 30.7 Å². The maximum Gasteiger partial charge on any atom is 0.100 e. The number of hydrogen-bond acceptors (Lipinski definition) is 2. The predicted octanol–water partition coefficient (Wildman–Crippen LogP) is 6.06. The van der Waals surface area contributed by atoms with E-state index < -0.39 is 6.17 Å². The molecular formula is C32H60ClFN2O3.